The fraction of sp³-hybridized carbons (Fsp3) is 0.312. The highest BCUT2D eigenvalue weighted by molar-refractivity contribution is 6.35. The van der Waals surface area contributed by atoms with Crippen LogP contribution in [-0.2, 0) is 9.59 Å². The molecule has 4 atom stereocenters. The largest absolute Gasteiger partial charge is 0.272 e. The molecular weight excluding hydrogens is 339 g/mol. The predicted molar refractivity (Wildman–Crippen MR) is 83.5 cm³/mol. The van der Waals surface area contributed by atoms with Crippen molar-refractivity contribution in [3.63, 3.8) is 0 Å². The first-order valence-corrected chi connectivity index (χ1v) is 8.05. The molecule has 7 heteroatoms. The topological polar surface area (TPSA) is 66.5 Å². The quantitative estimate of drug-likeness (QED) is 0.658. The van der Waals surface area contributed by atoms with E-state index in [9.17, 15) is 14.4 Å². The molecule has 1 saturated carbocycles. The van der Waals surface area contributed by atoms with Crippen LogP contribution in [0, 0.1) is 23.7 Å². The molecule has 1 N–H and O–H groups in total. The standard InChI is InChI=1S/C16H12Cl2N2O3/c17-9-3-4-11(18)10(6-9)14(21)19-20-15(22)12-7-1-2-8(5-7)13(12)16(20)23/h1-4,6-8,12-13H,5H2,(H,19,21)/t7-,8-,12+,13+/m0/s1. The lowest BCUT2D eigenvalue weighted by atomic mass is 9.85. The molecule has 118 valence electrons. The van der Waals surface area contributed by atoms with Gasteiger partial charge in [-0.1, -0.05) is 35.4 Å². The number of amides is 3. The van der Waals surface area contributed by atoms with Crippen LogP contribution in [0.4, 0.5) is 0 Å². The Morgan fingerprint density at radius 3 is 2.30 bits per heavy atom. The van der Waals surface area contributed by atoms with Crippen LogP contribution in [-0.4, -0.2) is 22.7 Å². The van der Waals surface area contributed by atoms with Gasteiger partial charge in [-0.3, -0.25) is 19.8 Å². The van der Waals surface area contributed by atoms with Crippen LogP contribution in [0.1, 0.15) is 16.8 Å². The van der Waals surface area contributed by atoms with Crippen LogP contribution >= 0.6 is 23.2 Å². The number of rotatable bonds is 2. The summed E-state index contributed by atoms with van der Waals surface area (Å²) in [6.45, 7) is 0. The summed E-state index contributed by atoms with van der Waals surface area (Å²) in [7, 11) is 0. The number of allylic oxidation sites excluding steroid dienone is 2. The third-order valence-corrected chi connectivity index (χ3v) is 5.42. The summed E-state index contributed by atoms with van der Waals surface area (Å²) in [5, 5.41) is 1.40. The molecule has 0 aromatic heterocycles. The van der Waals surface area contributed by atoms with Crippen LogP contribution in [0.3, 0.4) is 0 Å². The normalized spacial score (nSPS) is 31.0. The molecule has 2 fully saturated rings. The molecule has 1 aromatic carbocycles. The summed E-state index contributed by atoms with van der Waals surface area (Å²) in [6, 6.07) is 4.45. The first kappa shape index (κ1) is 14.7. The second-order valence-electron chi connectivity index (χ2n) is 6.08. The zero-order valence-corrected chi connectivity index (χ0v) is 13.3. The number of halogens is 2. The Balaban J connectivity index is 1.58. The van der Waals surface area contributed by atoms with E-state index in [1.54, 1.807) is 6.07 Å². The molecule has 3 aliphatic rings. The molecule has 1 heterocycles. The number of benzene rings is 1. The molecule has 0 unspecified atom stereocenters. The maximum atomic E-state index is 12.5. The molecular formula is C16H12Cl2N2O3. The van der Waals surface area contributed by atoms with Crippen molar-refractivity contribution in [3.8, 4) is 0 Å². The number of hydrazine groups is 1. The molecule has 1 aromatic rings. The van der Waals surface area contributed by atoms with Crippen LogP contribution in [0.15, 0.2) is 30.4 Å². The minimum absolute atomic E-state index is 0.0955. The third kappa shape index (κ3) is 2.11. The zero-order valence-electron chi connectivity index (χ0n) is 11.8. The molecule has 0 spiro atoms. The van der Waals surface area contributed by atoms with Crippen LogP contribution in [0.5, 0.6) is 0 Å². The molecule has 0 radical (unpaired) electrons. The van der Waals surface area contributed by atoms with E-state index in [1.807, 2.05) is 12.2 Å². The lowest BCUT2D eigenvalue weighted by Crippen LogP contribution is -2.47. The molecule has 4 rings (SSSR count). The Morgan fingerprint density at radius 1 is 1.09 bits per heavy atom. The van der Waals surface area contributed by atoms with Gasteiger partial charge in [0, 0.05) is 5.02 Å². The van der Waals surface area contributed by atoms with E-state index in [4.69, 9.17) is 23.2 Å². The smallest absolute Gasteiger partial charge is 0.271 e. The van der Waals surface area contributed by atoms with E-state index >= 15 is 0 Å². The summed E-state index contributed by atoms with van der Waals surface area (Å²) in [5.74, 6) is -1.83. The average Bonchev–Trinajstić information content (AvgIpc) is 3.19. The highest BCUT2D eigenvalue weighted by Crippen LogP contribution is 2.52. The second kappa shape index (κ2) is 5.08. The molecule has 2 aliphatic carbocycles. The van der Waals surface area contributed by atoms with Crippen LogP contribution < -0.4 is 5.43 Å². The fourth-order valence-corrected chi connectivity index (χ4v) is 4.22. The van der Waals surface area contributed by atoms with Gasteiger partial charge in [-0.2, -0.15) is 5.01 Å². The number of carbonyl (C=O) groups is 3. The Hall–Kier alpha value is -1.85. The second-order valence-corrected chi connectivity index (χ2v) is 6.92. The van der Waals surface area contributed by atoms with Crippen molar-refractivity contribution in [1.29, 1.82) is 0 Å². The van der Waals surface area contributed by atoms with Gasteiger partial charge in [-0.15, -0.1) is 0 Å². The number of nitrogens with zero attached hydrogens (tertiary/aromatic N) is 1. The maximum Gasteiger partial charge on any atom is 0.271 e. The molecule has 1 aliphatic heterocycles. The molecule has 5 nitrogen and oxygen atoms in total. The van der Waals surface area contributed by atoms with Gasteiger partial charge in [-0.05, 0) is 36.5 Å². The van der Waals surface area contributed by atoms with E-state index in [0.717, 1.165) is 11.4 Å². The molecule has 2 bridgehead atoms. The van der Waals surface area contributed by atoms with Gasteiger partial charge in [0.25, 0.3) is 17.7 Å². The first-order chi connectivity index (χ1) is 11.0. The van der Waals surface area contributed by atoms with E-state index in [-0.39, 0.29) is 46.1 Å². The number of carbonyl (C=O) groups excluding carboxylic acids is 3. The Labute approximate surface area is 142 Å². The number of hydrogen-bond donors (Lipinski definition) is 1. The lowest BCUT2D eigenvalue weighted by Gasteiger charge is -2.18. The Bertz CT molecular complexity index is 747. The molecule has 1 saturated heterocycles. The Morgan fingerprint density at radius 2 is 1.70 bits per heavy atom. The maximum absolute atomic E-state index is 12.5. The van der Waals surface area contributed by atoms with E-state index in [1.165, 1.54) is 12.1 Å². The zero-order chi connectivity index (χ0) is 16.3. The SMILES string of the molecule is O=C(NN1C(=O)[C@H]2[C@H](C1=O)[C@H]1C=C[C@H]2C1)c1cc(Cl)ccc1Cl. The monoisotopic (exact) mass is 350 g/mol. The predicted octanol–water partition coefficient (Wildman–Crippen LogP) is 2.45. The molecule has 23 heavy (non-hydrogen) atoms. The van der Waals surface area contributed by atoms with Gasteiger partial charge >= 0.3 is 0 Å². The van der Waals surface area contributed by atoms with Crippen molar-refractivity contribution >= 4 is 40.9 Å². The highest BCUT2D eigenvalue weighted by atomic mass is 35.5. The van der Waals surface area contributed by atoms with Gasteiger partial charge in [-0.25, -0.2) is 0 Å². The average molecular weight is 351 g/mol. The lowest BCUT2D eigenvalue weighted by molar-refractivity contribution is -0.143. The number of hydrogen-bond acceptors (Lipinski definition) is 3. The van der Waals surface area contributed by atoms with Crippen LogP contribution in [0.2, 0.25) is 10.0 Å². The van der Waals surface area contributed by atoms with Gasteiger partial charge in [0.1, 0.15) is 0 Å². The molecule has 3 amide bonds. The van der Waals surface area contributed by atoms with Gasteiger partial charge in [0.2, 0.25) is 0 Å². The van der Waals surface area contributed by atoms with Crippen molar-refractivity contribution < 1.29 is 14.4 Å². The number of fused-ring (bicyclic) bond motifs is 5. The number of imide groups is 1. The third-order valence-electron chi connectivity index (χ3n) is 4.86. The van der Waals surface area contributed by atoms with Crippen molar-refractivity contribution in [1.82, 2.24) is 10.4 Å². The van der Waals surface area contributed by atoms with Crippen molar-refractivity contribution in [3.05, 3.63) is 46.0 Å². The van der Waals surface area contributed by atoms with Gasteiger partial charge < -0.3 is 0 Å². The Kier molecular flexibility index (Phi) is 3.25. The summed E-state index contributed by atoms with van der Waals surface area (Å²) in [6.07, 6.45) is 4.83. The van der Waals surface area contributed by atoms with Gasteiger partial charge in [0.05, 0.1) is 22.4 Å². The van der Waals surface area contributed by atoms with Crippen LogP contribution in [0.25, 0.3) is 0 Å². The van der Waals surface area contributed by atoms with Gasteiger partial charge in [0.15, 0.2) is 0 Å². The van der Waals surface area contributed by atoms with E-state index in [0.29, 0.717) is 5.02 Å². The highest BCUT2D eigenvalue weighted by Gasteiger charge is 2.59. The summed E-state index contributed by atoms with van der Waals surface area (Å²) >= 11 is 11.8. The number of nitrogens with one attached hydrogen (secondary N) is 1. The van der Waals surface area contributed by atoms with Crippen molar-refractivity contribution in [2.45, 2.75) is 6.42 Å². The first-order valence-electron chi connectivity index (χ1n) is 7.29. The van der Waals surface area contributed by atoms with Crippen molar-refractivity contribution in [2.24, 2.45) is 23.7 Å². The minimum atomic E-state index is -0.625. The van der Waals surface area contributed by atoms with Crippen molar-refractivity contribution in [2.75, 3.05) is 0 Å². The fourth-order valence-electron chi connectivity index (χ4n) is 3.85. The minimum Gasteiger partial charge on any atom is -0.272 e. The van der Waals surface area contributed by atoms with E-state index in [2.05, 4.69) is 5.43 Å². The summed E-state index contributed by atoms with van der Waals surface area (Å²) < 4.78 is 0. The van der Waals surface area contributed by atoms with E-state index < -0.39 is 5.91 Å². The summed E-state index contributed by atoms with van der Waals surface area (Å²) in [5.41, 5.74) is 2.51. The summed E-state index contributed by atoms with van der Waals surface area (Å²) in [4.78, 5) is 37.4.